The van der Waals surface area contributed by atoms with Gasteiger partial charge in [-0.05, 0) is 19.1 Å². The second-order valence-electron chi connectivity index (χ2n) is 4.98. The average molecular weight is 385 g/mol. The molecule has 132 valence electrons. The van der Waals surface area contributed by atoms with E-state index in [2.05, 4.69) is 15.0 Å². The minimum atomic E-state index is -3.60. The van der Waals surface area contributed by atoms with E-state index in [9.17, 15) is 13.2 Å². The zero-order valence-corrected chi connectivity index (χ0v) is 15.2. The van der Waals surface area contributed by atoms with Crippen molar-refractivity contribution in [1.82, 2.24) is 19.9 Å². The highest BCUT2D eigenvalue weighted by atomic mass is 35.5. The van der Waals surface area contributed by atoms with Gasteiger partial charge in [0, 0.05) is 51.0 Å². The van der Waals surface area contributed by atoms with Gasteiger partial charge < -0.3 is 10.2 Å². The van der Waals surface area contributed by atoms with E-state index in [4.69, 9.17) is 0 Å². The third-order valence-corrected chi connectivity index (χ3v) is 4.84. The van der Waals surface area contributed by atoms with Crippen molar-refractivity contribution in [2.24, 2.45) is 0 Å². The van der Waals surface area contributed by atoms with Crippen LogP contribution in [0.2, 0.25) is 0 Å². The summed E-state index contributed by atoms with van der Waals surface area (Å²) in [4.78, 5) is 17.7. The summed E-state index contributed by atoms with van der Waals surface area (Å²) in [5.74, 6) is -0.0297. The summed E-state index contributed by atoms with van der Waals surface area (Å²) in [6, 6.07) is 3.17. The molecule has 0 spiro atoms. The molecule has 1 atom stereocenters. The van der Waals surface area contributed by atoms with Crippen molar-refractivity contribution < 1.29 is 13.2 Å². The first kappa shape index (κ1) is 22.1. The van der Waals surface area contributed by atoms with Gasteiger partial charge in [-0.1, -0.05) is 0 Å². The van der Waals surface area contributed by atoms with Gasteiger partial charge in [-0.2, -0.15) is 0 Å². The summed E-state index contributed by atoms with van der Waals surface area (Å²) in [5, 5.41) is 3.21. The molecule has 1 aromatic heterocycles. The van der Waals surface area contributed by atoms with E-state index in [-0.39, 0.29) is 54.6 Å². The van der Waals surface area contributed by atoms with Crippen LogP contribution in [0.25, 0.3) is 0 Å². The molecule has 1 amide bonds. The Bertz CT molecular complexity index is 586. The predicted molar refractivity (Wildman–Crippen MR) is 92.6 cm³/mol. The van der Waals surface area contributed by atoms with E-state index in [0.717, 1.165) is 13.1 Å². The molecule has 2 N–H and O–H groups in total. The van der Waals surface area contributed by atoms with Crippen molar-refractivity contribution in [2.75, 3.05) is 26.2 Å². The fourth-order valence-corrected chi connectivity index (χ4v) is 3.23. The van der Waals surface area contributed by atoms with Gasteiger partial charge in [0.25, 0.3) is 0 Å². The Morgan fingerprint density at radius 1 is 1.48 bits per heavy atom. The van der Waals surface area contributed by atoms with Crippen molar-refractivity contribution >= 4 is 40.7 Å². The molecule has 2 rings (SSSR count). The van der Waals surface area contributed by atoms with Gasteiger partial charge in [-0.3, -0.25) is 9.78 Å². The van der Waals surface area contributed by atoms with Gasteiger partial charge >= 0.3 is 0 Å². The van der Waals surface area contributed by atoms with Crippen LogP contribution in [0.15, 0.2) is 29.4 Å². The molecule has 10 heteroatoms. The van der Waals surface area contributed by atoms with E-state index >= 15 is 0 Å². The van der Waals surface area contributed by atoms with E-state index in [1.165, 1.54) is 18.5 Å². The number of piperazine rings is 1. The number of hydrogen-bond donors (Lipinski definition) is 2. The molecule has 1 aliphatic rings. The Morgan fingerprint density at radius 3 is 2.83 bits per heavy atom. The quantitative estimate of drug-likeness (QED) is 0.767. The SMILES string of the molecule is CC1CNCCN1C(=O)CCNS(=O)(=O)c1cccnc1.Cl.Cl. The molecule has 23 heavy (non-hydrogen) atoms. The van der Waals surface area contributed by atoms with Crippen LogP contribution in [-0.4, -0.2) is 56.4 Å². The maximum absolute atomic E-state index is 12.1. The third-order valence-electron chi connectivity index (χ3n) is 3.40. The van der Waals surface area contributed by atoms with Crippen molar-refractivity contribution in [3.63, 3.8) is 0 Å². The van der Waals surface area contributed by atoms with Crippen LogP contribution in [0.3, 0.4) is 0 Å². The zero-order chi connectivity index (χ0) is 15.3. The van der Waals surface area contributed by atoms with Crippen LogP contribution in [-0.2, 0) is 14.8 Å². The van der Waals surface area contributed by atoms with Crippen LogP contribution >= 0.6 is 24.8 Å². The first-order valence-corrected chi connectivity index (χ1v) is 8.39. The lowest BCUT2D eigenvalue weighted by Crippen LogP contribution is -2.52. The van der Waals surface area contributed by atoms with Gasteiger partial charge in [-0.25, -0.2) is 13.1 Å². The average Bonchev–Trinajstić information content (AvgIpc) is 2.48. The van der Waals surface area contributed by atoms with Crippen molar-refractivity contribution in [3.05, 3.63) is 24.5 Å². The van der Waals surface area contributed by atoms with Gasteiger partial charge in [0.05, 0.1) is 0 Å². The number of aromatic nitrogens is 1. The van der Waals surface area contributed by atoms with Gasteiger partial charge in [-0.15, -0.1) is 24.8 Å². The predicted octanol–water partition coefficient (Wildman–Crippen LogP) is 0.414. The number of pyridine rings is 1. The number of hydrogen-bond acceptors (Lipinski definition) is 5. The summed E-state index contributed by atoms with van der Waals surface area (Å²) >= 11 is 0. The first-order valence-electron chi connectivity index (χ1n) is 6.90. The Kier molecular flexibility index (Phi) is 9.64. The second kappa shape index (κ2) is 10.0. The highest BCUT2D eigenvalue weighted by Gasteiger charge is 2.23. The number of rotatable bonds is 5. The van der Waals surface area contributed by atoms with Gasteiger partial charge in [0.15, 0.2) is 0 Å². The van der Waals surface area contributed by atoms with Gasteiger partial charge in [0.2, 0.25) is 15.9 Å². The number of nitrogens with zero attached hydrogens (tertiary/aromatic N) is 2. The number of halogens is 2. The lowest BCUT2D eigenvalue weighted by Gasteiger charge is -2.34. The highest BCUT2D eigenvalue weighted by Crippen LogP contribution is 2.07. The largest absolute Gasteiger partial charge is 0.337 e. The minimum Gasteiger partial charge on any atom is -0.337 e. The zero-order valence-electron chi connectivity index (χ0n) is 12.8. The third kappa shape index (κ3) is 6.23. The second-order valence-corrected chi connectivity index (χ2v) is 6.74. The van der Waals surface area contributed by atoms with Crippen molar-refractivity contribution in [3.8, 4) is 0 Å². The van der Waals surface area contributed by atoms with Crippen molar-refractivity contribution in [2.45, 2.75) is 24.3 Å². The molecule has 0 saturated carbocycles. The van der Waals surface area contributed by atoms with Gasteiger partial charge in [0.1, 0.15) is 4.90 Å². The van der Waals surface area contributed by atoms with E-state index in [0.29, 0.717) is 6.54 Å². The molecular weight excluding hydrogens is 363 g/mol. The molecule has 1 saturated heterocycles. The number of carbonyl (C=O) groups is 1. The summed E-state index contributed by atoms with van der Waals surface area (Å²) in [6.45, 7) is 4.27. The van der Waals surface area contributed by atoms with Crippen molar-refractivity contribution in [1.29, 1.82) is 0 Å². The normalized spacial score (nSPS) is 17.8. The molecular formula is C13H22Cl2N4O3S. The Labute approximate surface area is 149 Å². The maximum Gasteiger partial charge on any atom is 0.242 e. The summed E-state index contributed by atoms with van der Waals surface area (Å²) in [6.07, 6.45) is 2.95. The number of nitrogens with one attached hydrogen (secondary N) is 2. The minimum absolute atomic E-state index is 0. The van der Waals surface area contributed by atoms with E-state index in [1.807, 2.05) is 6.92 Å². The molecule has 1 unspecified atom stereocenters. The first-order chi connectivity index (χ1) is 10.0. The Balaban J connectivity index is 0.00000242. The molecule has 1 fully saturated rings. The fourth-order valence-electron chi connectivity index (χ4n) is 2.24. The molecule has 1 aliphatic heterocycles. The fraction of sp³-hybridized carbons (Fsp3) is 0.538. The van der Waals surface area contributed by atoms with Crippen LogP contribution < -0.4 is 10.0 Å². The molecule has 2 heterocycles. The number of sulfonamides is 1. The standard InChI is InChI=1S/C13H20N4O3S.2ClH/c1-11-9-15-7-8-17(11)13(18)4-6-16-21(19,20)12-3-2-5-14-10-12;;/h2-3,5,10-11,15-16H,4,6-9H2,1H3;2*1H. The van der Waals surface area contributed by atoms with Crippen LogP contribution in [0.5, 0.6) is 0 Å². The lowest BCUT2D eigenvalue weighted by atomic mass is 10.2. The maximum atomic E-state index is 12.1. The molecule has 0 radical (unpaired) electrons. The van der Waals surface area contributed by atoms with E-state index < -0.39 is 10.0 Å². The topological polar surface area (TPSA) is 91.4 Å². The monoisotopic (exact) mass is 384 g/mol. The lowest BCUT2D eigenvalue weighted by molar-refractivity contribution is -0.133. The Hall–Kier alpha value is -0.930. The van der Waals surface area contributed by atoms with Crippen LogP contribution in [0, 0.1) is 0 Å². The van der Waals surface area contributed by atoms with Crippen LogP contribution in [0.1, 0.15) is 13.3 Å². The molecule has 7 nitrogen and oxygen atoms in total. The molecule has 0 bridgehead atoms. The number of amides is 1. The van der Waals surface area contributed by atoms with E-state index in [1.54, 1.807) is 11.0 Å². The Morgan fingerprint density at radius 2 is 2.22 bits per heavy atom. The molecule has 0 aliphatic carbocycles. The summed E-state index contributed by atoms with van der Waals surface area (Å²) in [7, 11) is -3.60. The smallest absolute Gasteiger partial charge is 0.242 e. The summed E-state index contributed by atoms with van der Waals surface area (Å²) in [5.41, 5.74) is 0. The van der Waals surface area contributed by atoms with Crippen LogP contribution in [0.4, 0.5) is 0 Å². The molecule has 0 aromatic carbocycles. The number of carbonyl (C=O) groups excluding carboxylic acids is 1. The highest BCUT2D eigenvalue weighted by molar-refractivity contribution is 7.89. The molecule has 1 aromatic rings. The summed E-state index contributed by atoms with van der Waals surface area (Å²) < 4.78 is 26.4.